The van der Waals surface area contributed by atoms with Gasteiger partial charge >= 0.3 is 0 Å². The molecule has 1 heterocycles. The van der Waals surface area contributed by atoms with Crippen molar-refractivity contribution < 1.29 is 0 Å². The fraction of sp³-hybridized carbons (Fsp3) is 0.778. The number of rotatable bonds is 7. The molecule has 2 N–H and O–H groups in total. The summed E-state index contributed by atoms with van der Waals surface area (Å²) in [6, 6.07) is 0.595. The van der Waals surface area contributed by atoms with Gasteiger partial charge in [-0.15, -0.1) is 0 Å². The van der Waals surface area contributed by atoms with Crippen molar-refractivity contribution in [3.63, 3.8) is 0 Å². The Morgan fingerprint density at radius 3 is 2.70 bits per heavy atom. The fourth-order valence-electron chi connectivity index (χ4n) is 3.36. The van der Waals surface area contributed by atoms with Crippen molar-refractivity contribution in [1.29, 1.82) is 0 Å². The Balaban J connectivity index is 1.59. The molecular formula is C18H33N5. The van der Waals surface area contributed by atoms with Crippen LogP contribution in [0.5, 0.6) is 0 Å². The van der Waals surface area contributed by atoms with Gasteiger partial charge in [0.15, 0.2) is 5.96 Å². The van der Waals surface area contributed by atoms with E-state index in [0.717, 1.165) is 43.6 Å². The lowest BCUT2D eigenvalue weighted by Crippen LogP contribution is -2.45. The Morgan fingerprint density at radius 1 is 1.30 bits per heavy atom. The van der Waals surface area contributed by atoms with Gasteiger partial charge in [0, 0.05) is 38.6 Å². The number of hydrogen-bond donors (Lipinski definition) is 2. The number of unbranched alkanes of at least 4 members (excludes halogenated alkanes) is 1. The summed E-state index contributed by atoms with van der Waals surface area (Å²) in [5.41, 5.74) is 0. The van der Waals surface area contributed by atoms with Crippen molar-refractivity contribution in [2.75, 3.05) is 13.6 Å². The highest BCUT2D eigenvalue weighted by Gasteiger charge is 2.20. The van der Waals surface area contributed by atoms with E-state index in [2.05, 4.69) is 45.2 Å². The maximum Gasteiger partial charge on any atom is 0.191 e. The SMILES string of the molecule is CCC1CCC(NC(=NC)NCCCCn2ccnc2C)CC1. The molecule has 0 radical (unpaired) electrons. The molecule has 0 unspecified atom stereocenters. The highest BCUT2D eigenvalue weighted by atomic mass is 15.2. The monoisotopic (exact) mass is 319 g/mol. The standard InChI is InChI=1S/C18H33N5/c1-4-16-7-9-17(10-8-16)22-18(19-3)21-11-5-6-13-23-14-12-20-15(23)2/h12,14,16-17H,4-11,13H2,1-3H3,(H2,19,21,22). The van der Waals surface area contributed by atoms with Crippen LogP contribution in [0.2, 0.25) is 0 Å². The molecule has 1 aromatic heterocycles. The van der Waals surface area contributed by atoms with Crippen LogP contribution >= 0.6 is 0 Å². The Hall–Kier alpha value is -1.52. The van der Waals surface area contributed by atoms with Gasteiger partial charge in [-0.05, 0) is 51.4 Å². The molecule has 1 saturated carbocycles. The van der Waals surface area contributed by atoms with Crippen molar-refractivity contribution in [3.8, 4) is 0 Å². The Kier molecular flexibility index (Phi) is 7.43. The fourth-order valence-corrected chi connectivity index (χ4v) is 3.36. The van der Waals surface area contributed by atoms with Crippen molar-refractivity contribution in [2.45, 2.75) is 71.4 Å². The molecule has 0 aliphatic heterocycles. The zero-order valence-corrected chi connectivity index (χ0v) is 15.0. The summed E-state index contributed by atoms with van der Waals surface area (Å²) in [4.78, 5) is 8.61. The Morgan fingerprint density at radius 2 is 2.09 bits per heavy atom. The summed E-state index contributed by atoms with van der Waals surface area (Å²) < 4.78 is 2.21. The van der Waals surface area contributed by atoms with E-state index in [-0.39, 0.29) is 0 Å². The first kappa shape index (κ1) is 17.8. The molecule has 1 aliphatic carbocycles. The van der Waals surface area contributed by atoms with Gasteiger partial charge in [-0.25, -0.2) is 4.98 Å². The topological polar surface area (TPSA) is 54.2 Å². The van der Waals surface area contributed by atoms with Gasteiger partial charge in [-0.3, -0.25) is 4.99 Å². The molecule has 23 heavy (non-hydrogen) atoms. The second-order valence-corrected chi connectivity index (χ2v) is 6.64. The van der Waals surface area contributed by atoms with Gasteiger partial charge in [0.2, 0.25) is 0 Å². The Bertz CT molecular complexity index is 472. The highest BCUT2D eigenvalue weighted by molar-refractivity contribution is 5.79. The average Bonchev–Trinajstić information content (AvgIpc) is 2.99. The van der Waals surface area contributed by atoms with Gasteiger partial charge in [0.25, 0.3) is 0 Å². The van der Waals surface area contributed by atoms with E-state index < -0.39 is 0 Å². The molecule has 0 amide bonds. The average molecular weight is 319 g/mol. The quantitative estimate of drug-likeness (QED) is 0.461. The van der Waals surface area contributed by atoms with Crippen LogP contribution in [0.25, 0.3) is 0 Å². The van der Waals surface area contributed by atoms with Crippen molar-refractivity contribution >= 4 is 5.96 Å². The smallest absolute Gasteiger partial charge is 0.191 e. The van der Waals surface area contributed by atoms with Crippen LogP contribution in [0.15, 0.2) is 17.4 Å². The normalized spacial score (nSPS) is 22.1. The van der Waals surface area contributed by atoms with Gasteiger partial charge in [-0.2, -0.15) is 0 Å². The summed E-state index contributed by atoms with van der Waals surface area (Å²) in [5.74, 6) is 3.00. The van der Waals surface area contributed by atoms with E-state index in [1.54, 1.807) is 0 Å². The van der Waals surface area contributed by atoms with Crippen LogP contribution in [-0.2, 0) is 6.54 Å². The van der Waals surface area contributed by atoms with E-state index in [1.807, 2.05) is 13.2 Å². The predicted octanol–water partition coefficient (Wildman–Crippen LogP) is 3.11. The zero-order chi connectivity index (χ0) is 16.5. The van der Waals surface area contributed by atoms with Gasteiger partial charge in [0.1, 0.15) is 5.82 Å². The first-order valence-electron chi connectivity index (χ1n) is 9.17. The number of aromatic nitrogens is 2. The first-order valence-corrected chi connectivity index (χ1v) is 9.17. The van der Waals surface area contributed by atoms with E-state index in [4.69, 9.17) is 0 Å². The van der Waals surface area contributed by atoms with Crippen molar-refractivity contribution in [2.24, 2.45) is 10.9 Å². The summed E-state index contributed by atoms with van der Waals surface area (Å²) in [5, 5.41) is 7.04. The van der Waals surface area contributed by atoms with Crippen LogP contribution in [0.1, 0.15) is 57.7 Å². The van der Waals surface area contributed by atoms with E-state index >= 15 is 0 Å². The highest BCUT2D eigenvalue weighted by Crippen LogP contribution is 2.26. The largest absolute Gasteiger partial charge is 0.356 e. The molecule has 0 atom stereocenters. The molecule has 0 spiro atoms. The first-order chi connectivity index (χ1) is 11.2. The van der Waals surface area contributed by atoms with Gasteiger partial charge in [0.05, 0.1) is 0 Å². The lowest BCUT2D eigenvalue weighted by atomic mass is 9.84. The number of nitrogens with zero attached hydrogens (tertiary/aromatic N) is 3. The number of hydrogen-bond acceptors (Lipinski definition) is 2. The summed E-state index contributed by atoms with van der Waals surface area (Å²) in [6.07, 6.45) is 12.8. The number of nitrogens with one attached hydrogen (secondary N) is 2. The molecule has 1 aliphatic rings. The third-order valence-corrected chi connectivity index (χ3v) is 5.03. The molecule has 2 rings (SSSR count). The van der Waals surface area contributed by atoms with E-state index in [9.17, 15) is 0 Å². The maximum absolute atomic E-state index is 4.36. The minimum absolute atomic E-state index is 0.595. The number of guanidine groups is 1. The predicted molar refractivity (Wildman–Crippen MR) is 96.7 cm³/mol. The van der Waals surface area contributed by atoms with Crippen LogP contribution in [0.4, 0.5) is 0 Å². The minimum atomic E-state index is 0.595. The second kappa shape index (κ2) is 9.58. The third-order valence-electron chi connectivity index (χ3n) is 5.03. The molecule has 130 valence electrons. The van der Waals surface area contributed by atoms with Gasteiger partial charge < -0.3 is 15.2 Å². The van der Waals surface area contributed by atoms with Crippen molar-refractivity contribution in [3.05, 3.63) is 18.2 Å². The Labute approximate surface area is 141 Å². The maximum atomic E-state index is 4.36. The molecule has 0 saturated heterocycles. The van der Waals surface area contributed by atoms with Crippen LogP contribution in [0, 0.1) is 12.8 Å². The molecule has 0 bridgehead atoms. The molecular weight excluding hydrogens is 286 g/mol. The van der Waals surface area contributed by atoms with Gasteiger partial charge in [-0.1, -0.05) is 13.3 Å². The van der Waals surface area contributed by atoms with E-state index in [1.165, 1.54) is 32.1 Å². The summed E-state index contributed by atoms with van der Waals surface area (Å²) >= 11 is 0. The van der Waals surface area contributed by atoms with Crippen LogP contribution in [-0.4, -0.2) is 35.1 Å². The lowest BCUT2D eigenvalue weighted by molar-refractivity contribution is 0.304. The molecule has 1 fully saturated rings. The summed E-state index contributed by atoms with van der Waals surface area (Å²) in [6.45, 7) is 6.37. The molecule has 5 nitrogen and oxygen atoms in total. The zero-order valence-electron chi connectivity index (χ0n) is 15.0. The number of imidazole rings is 1. The molecule has 0 aromatic carbocycles. The van der Waals surface area contributed by atoms with E-state index in [0.29, 0.717) is 6.04 Å². The van der Waals surface area contributed by atoms with Crippen LogP contribution < -0.4 is 10.6 Å². The lowest BCUT2D eigenvalue weighted by Gasteiger charge is -2.29. The number of aliphatic imine (C=N–C) groups is 1. The molecule has 1 aromatic rings. The number of aryl methyl sites for hydroxylation is 2. The molecule has 5 heteroatoms. The van der Waals surface area contributed by atoms with Crippen molar-refractivity contribution in [1.82, 2.24) is 20.2 Å². The second-order valence-electron chi connectivity index (χ2n) is 6.64. The third kappa shape index (κ3) is 5.88. The van der Waals surface area contributed by atoms with Crippen LogP contribution in [0.3, 0.4) is 0 Å². The minimum Gasteiger partial charge on any atom is -0.356 e. The summed E-state index contributed by atoms with van der Waals surface area (Å²) in [7, 11) is 1.86.